The Hall–Kier alpha value is -1.59. The minimum Gasteiger partial charge on any atom is -0.545 e. The van der Waals surface area contributed by atoms with Gasteiger partial charge in [0.1, 0.15) is 5.75 Å². The Morgan fingerprint density at radius 1 is 1.14 bits per heavy atom. The smallest absolute Gasteiger partial charge is 0.119 e. The lowest BCUT2D eigenvalue weighted by atomic mass is 10.2. The number of carboxylic acids is 1. The highest BCUT2D eigenvalue weighted by atomic mass is 16.5. The number of aromatic carboxylic acids is 1. The zero-order chi connectivity index (χ0) is 15.5. The molecule has 0 aromatic heterocycles. The monoisotopic (exact) mass is 295 g/mol. The Kier molecular flexibility index (Phi) is 8.47. The summed E-state index contributed by atoms with van der Waals surface area (Å²) in [5.41, 5.74) is 0.145. The number of benzene rings is 1. The highest BCUT2D eigenvalue weighted by Gasteiger charge is 1.98. The highest BCUT2D eigenvalue weighted by Crippen LogP contribution is 2.11. The summed E-state index contributed by atoms with van der Waals surface area (Å²) in [6.45, 7) is 6.46. The standard InChI is InChI=1S/C16H24O5/c1-3-13(2)20-12-11-19-9-4-10-21-15-7-5-14(6-8-15)16(17)18/h5-8,13H,3-4,9-12H2,1-2H3,(H,17,18)/p-1. The zero-order valence-electron chi connectivity index (χ0n) is 12.7. The van der Waals surface area contributed by atoms with Crippen LogP contribution in [0, 0.1) is 0 Å². The first kappa shape index (κ1) is 17.5. The molecule has 0 heterocycles. The molecule has 0 amide bonds. The summed E-state index contributed by atoms with van der Waals surface area (Å²) in [5, 5.41) is 10.6. The molecule has 0 radical (unpaired) electrons. The van der Waals surface area contributed by atoms with Crippen molar-refractivity contribution in [1.82, 2.24) is 0 Å². The van der Waals surface area contributed by atoms with E-state index >= 15 is 0 Å². The Morgan fingerprint density at radius 2 is 1.86 bits per heavy atom. The molecule has 0 bridgehead atoms. The summed E-state index contributed by atoms with van der Waals surface area (Å²) in [6, 6.07) is 6.17. The highest BCUT2D eigenvalue weighted by molar-refractivity contribution is 5.85. The van der Waals surface area contributed by atoms with E-state index in [-0.39, 0.29) is 11.7 Å². The number of rotatable bonds is 11. The van der Waals surface area contributed by atoms with Gasteiger partial charge in [0.15, 0.2) is 0 Å². The normalized spacial score (nSPS) is 12.1. The molecule has 0 saturated carbocycles. The molecule has 0 saturated heterocycles. The predicted molar refractivity (Wildman–Crippen MR) is 77.4 cm³/mol. The molecule has 1 unspecified atom stereocenters. The largest absolute Gasteiger partial charge is 0.545 e. The van der Waals surface area contributed by atoms with Gasteiger partial charge >= 0.3 is 0 Å². The van der Waals surface area contributed by atoms with Gasteiger partial charge in [-0.15, -0.1) is 0 Å². The molecule has 0 spiro atoms. The summed E-state index contributed by atoms with van der Waals surface area (Å²) in [4.78, 5) is 10.6. The maximum absolute atomic E-state index is 10.6. The fourth-order valence-electron chi connectivity index (χ4n) is 1.57. The first-order valence-corrected chi connectivity index (χ1v) is 7.27. The summed E-state index contributed by atoms with van der Waals surface area (Å²) in [5.74, 6) is -0.547. The van der Waals surface area contributed by atoms with Gasteiger partial charge in [0.2, 0.25) is 0 Å². The molecule has 0 aliphatic carbocycles. The van der Waals surface area contributed by atoms with Crippen LogP contribution in [-0.4, -0.2) is 38.5 Å². The van der Waals surface area contributed by atoms with E-state index in [1.54, 1.807) is 12.1 Å². The van der Waals surface area contributed by atoms with E-state index in [0.717, 1.165) is 12.8 Å². The third kappa shape index (κ3) is 7.68. The minimum atomic E-state index is -1.19. The van der Waals surface area contributed by atoms with Crippen LogP contribution in [0.5, 0.6) is 5.75 Å². The molecular formula is C16H23O5-. The molecule has 1 aromatic rings. The van der Waals surface area contributed by atoms with E-state index in [1.165, 1.54) is 12.1 Å². The number of carbonyl (C=O) groups excluding carboxylic acids is 1. The maximum Gasteiger partial charge on any atom is 0.119 e. The molecule has 0 aliphatic rings. The molecule has 0 N–H and O–H groups in total. The van der Waals surface area contributed by atoms with Gasteiger partial charge in [-0.1, -0.05) is 6.92 Å². The van der Waals surface area contributed by atoms with Crippen LogP contribution in [0.1, 0.15) is 37.0 Å². The van der Waals surface area contributed by atoms with E-state index in [9.17, 15) is 9.90 Å². The summed E-state index contributed by atoms with van der Waals surface area (Å²) in [6.07, 6.45) is 2.05. The predicted octanol–water partition coefficient (Wildman–Crippen LogP) is 1.65. The van der Waals surface area contributed by atoms with Crippen molar-refractivity contribution < 1.29 is 24.1 Å². The lowest BCUT2D eigenvalue weighted by Gasteiger charge is -2.11. The lowest BCUT2D eigenvalue weighted by Crippen LogP contribution is -2.21. The molecule has 21 heavy (non-hydrogen) atoms. The van der Waals surface area contributed by atoms with Crippen molar-refractivity contribution in [1.29, 1.82) is 0 Å². The Labute approximate surface area is 125 Å². The van der Waals surface area contributed by atoms with Gasteiger partial charge in [0.05, 0.1) is 31.9 Å². The van der Waals surface area contributed by atoms with Gasteiger partial charge in [-0.3, -0.25) is 0 Å². The summed E-state index contributed by atoms with van der Waals surface area (Å²) in [7, 11) is 0. The van der Waals surface area contributed by atoms with Gasteiger partial charge in [0.25, 0.3) is 0 Å². The molecule has 118 valence electrons. The SMILES string of the molecule is CCC(C)OCCOCCCOc1ccc(C(=O)[O-])cc1. The summed E-state index contributed by atoms with van der Waals surface area (Å²) >= 11 is 0. The van der Waals surface area contributed by atoms with E-state index in [0.29, 0.717) is 32.2 Å². The van der Waals surface area contributed by atoms with Crippen molar-refractivity contribution in [3.63, 3.8) is 0 Å². The van der Waals surface area contributed by atoms with E-state index in [1.807, 2.05) is 6.92 Å². The first-order chi connectivity index (χ1) is 10.1. The van der Waals surface area contributed by atoms with E-state index < -0.39 is 5.97 Å². The molecule has 1 atom stereocenters. The molecule has 1 rings (SSSR count). The van der Waals surface area contributed by atoms with Crippen molar-refractivity contribution in [3.8, 4) is 5.75 Å². The number of hydrogen-bond acceptors (Lipinski definition) is 5. The van der Waals surface area contributed by atoms with E-state index in [2.05, 4.69) is 6.92 Å². The third-order valence-electron chi connectivity index (χ3n) is 3.00. The fourth-order valence-corrected chi connectivity index (χ4v) is 1.57. The van der Waals surface area contributed by atoms with Crippen molar-refractivity contribution in [2.75, 3.05) is 26.4 Å². The van der Waals surface area contributed by atoms with Gasteiger partial charge in [-0.2, -0.15) is 0 Å². The van der Waals surface area contributed by atoms with Crippen LogP contribution in [-0.2, 0) is 9.47 Å². The fraction of sp³-hybridized carbons (Fsp3) is 0.562. The Balaban J connectivity index is 2.02. The number of hydrogen-bond donors (Lipinski definition) is 0. The second-order valence-corrected chi connectivity index (χ2v) is 4.72. The van der Waals surface area contributed by atoms with Crippen LogP contribution in [0.25, 0.3) is 0 Å². The molecule has 0 fully saturated rings. The summed E-state index contributed by atoms with van der Waals surface area (Å²) < 4.78 is 16.4. The minimum absolute atomic E-state index is 0.145. The van der Waals surface area contributed by atoms with Crippen molar-refractivity contribution >= 4 is 5.97 Å². The van der Waals surface area contributed by atoms with Crippen LogP contribution < -0.4 is 9.84 Å². The Morgan fingerprint density at radius 3 is 2.48 bits per heavy atom. The average molecular weight is 295 g/mol. The Bertz CT molecular complexity index is 402. The number of carboxylic acid groups (broad SMARTS) is 1. The van der Waals surface area contributed by atoms with Gasteiger partial charge in [0, 0.05) is 13.0 Å². The molecule has 5 heteroatoms. The van der Waals surface area contributed by atoms with Crippen molar-refractivity contribution in [2.45, 2.75) is 32.8 Å². The second-order valence-electron chi connectivity index (χ2n) is 4.72. The zero-order valence-corrected chi connectivity index (χ0v) is 12.7. The number of carbonyl (C=O) groups is 1. The quantitative estimate of drug-likeness (QED) is 0.581. The molecule has 0 aliphatic heterocycles. The molecule has 1 aromatic carbocycles. The van der Waals surface area contributed by atoms with E-state index in [4.69, 9.17) is 14.2 Å². The van der Waals surface area contributed by atoms with Crippen LogP contribution in [0.3, 0.4) is 0 Å². The molecular weight excluding hydrogens is 272 g/mol. The topological polar surface area (TPSA) is 67.8 Å². The van der Waals surface area contributed by atoms with Gasteiger partial charge < -0.3 is 24.1 Å². The van der Waals surface area contributed by atoms with Gasteiger partial charge in [-0.05, 0) is 43.2 Å². The molecule has 5 nitrogen and oxygen atoms in total. The maximum atomic E-state index is 10.6. The van der Waals surface area contributed by atoms with Crippen molar-refractivity contribution in [2.24, 2.45) is 0 Å². The average Bonchev–Trinajstić information content (AvgIpc) is 2.50. The second kappa shape index (κ2) is 10.2. The van der Waals surface area contributed by atoms with Crippen LogP contribution in [0.2, 0.25) is 0 Å². The first-order valence-electron chi connectivity index (χ1n) is 7.27. The number of ether oxygens (including phenoxy) is 3. The third-order valence-corrected chi connectivity index (χ3v) is 3.00. The van der Waals surface area contributed by atoms with Crippen LogP contribution in [0.15, 0.2) is 24.3 Å². The van der Waals surface area contributed by atoms with Gasteiger partial charge in [-0.25, -0.2) is 0 Å². The van der Waals surface area contributed by atoms with Crippen LogP contribution >= 0.6 is 0 Å². The van der Waals surface area contributed by atoms with Crippen molar-refractivity contribution in [3.05, 3.63) is 29.8 Å². The lowest BCUT2D eigenvalue weighted by molar-refractivity contribution is -0.255. The van der Waals surface area contributed by atoms with Crippen LogP contribution in [0.4, 0.5) is 0 Å².